The Morgan fingerprint density at radius 1 is 1.06 bits per heavy atom. The van der Waals surface area contributed by atoms with Crippen molar-refractivity contribution in [1.29, 1.82) is 0 Å². The molecule has 3 rings (SSSR count). The highest BCUT2D eigenvalue weighted by molar-refractivity contribution is 5.95. The van der Waals surface area contributed by atoms with E-state index in [1.807, 2.05) is 0 Å². The lowest BCUT2D eigenvalue weighted by atomic mass is 9.97. The summed E-state index contributed by atoms with van der Waals surface area (Å²) in [5.74, 6) is 0. The number of benzene rings is 2. The van der Waals surface area contributed by atoms with Gasteiger partial charge in [0.25, 0.3) is 0 Å². The molecule has 1 aliphatic rings. The van der Waals surface area contributed by atoms with Crippen LogP contribution in [-0.2, 0) is 0 Å². The highest BCUT2D eigenvalue weighted by Gasteiger charge is 2.05. The van der Waals surface area contributed by atoms with Crippen LogP contribution in [0.3, 0.4) is 0 Å². The molecule has 0 atom stereocenters. The SMILES string of the molecule is C/C=c1/ccc2c3c(ccc(C)c13)C=CCC=2. The van der Waals surface area contributed by atoms with Gasteiger partial charge in [-0.1, -0.05) is 48.6 Å². The summed E-state index contributed by atoms with van der Waals surface area (Å²) >= 11 is 0. The Hall–Kier alpha value is -1.82. The van der Waals surface area contributed by atoms with Crippen LogP contribution in [0, 0.1) is 6.92 Å². The van der Waals surface area contributed by atoms with E-state index in [0.717, 1.165) is 6.42 Å². The lowest BCUT2D eigenvalue weighted by molar-refractivity contribution is 1.48. The van der Waals surface area contributed by atoms with Crippen molar-refractivity contribution in [3.63, 3.8) is 0 Å². The Balaban J connectivity index is 2.69. The maximum atomic E-state index is 2.31. The van der Waals surface area contributed by atoms with Crippen LogP contribution in [0.25, 0.3) is 29.0 Å². The van der Waals surface area contributed by atoms with Crippen molar-refractivity contribution in [2.75, 3.05) is 0 Å². The van der Waals surface area contributed by atoms with Crippen molar-refractivity contribution < 1.29 is 0 Å². The second-order valence-electron chi connectivity index (χ2n) is 4.60. The topological polar surface area (TPSA) is 0 Å². The van der Waals surface area contributed by atoms with Crippen molar-refractivity contribution in [3.8, 4) is 0 Å². The van der Waals surface area contributed by atoms with E-state index in [1.165, 1.54) is 32.3 Å². The molecular formula is C17H16. The fourth-order valence-electron chi connectivity index (χ4n) is 2.69. The van der Waals surface area contributed by atoms with Crippen molar-refractivity contribution in [3.05, 3.63) is 51.9 Å². The smallest absolute Gasteiger partial charge is 0.00335 e. The van der Waals surface area contributed by atoms with Gasteiger partial charge >= 0.3 is 0 Å². The molecule has 2 aromatic carbocycles. The summed E-state index contributed by atoms with van der Waals surface area (Å²) in [5.41, 5.74) is 2.71. The van der Waals surface area contributed by atoms with E-state index in [0.29, 0.717) is 0 Å². The van der Waals surface area contributed by atoms with Gasteiger partial charge < -0.3 is 0 Å². The standard InChI is InChI=1S/C17H16/c1-3-13-10-11-15-7-5-4-6-14-9-8-12(2)16(13)17(14)15/h3-4,6-11H,5H2,1-2H3/b13-3-. The molecule has 2 aromatic rings. The minimum Gasteiger partial charge on any atom is -0.0801 e. The Labute approximate surface area is 102 Å². The van der Waals surface area contributed by atoms with Crippen LogP contribution >= 0.6 is 0 Å². The van der Waals surface area contributed by atoms with Crippen LogP contribution in [0.5, 0.6) is 0 Å². The zero-order valence-corrected chi connectivity index (χ0v) is 10.3. The first-order valence-corrected chi connectivity index (χ1v) is 6.16. The van der Waals surface area contributed by atoms with Crippen molar-refractivity contribution in [2.24, 2.45) is 0 Å². The van der Waals surface area contributed by atoms with E-state index >= 15 is 0 Å². The van der Waals surface area contributed by atoms with Gasteiger partial charge in [-0.2, -0.15) is 0 Å². The van der Waals surface area contributed by atoms with Crippen LogP contribution in [0.4, 0.5) is 0 Å². The van der Waals surface area contributed by atoms with Crippen LogP contribution in [-0.4, -0.2) is 0 Å². The van der Waals surface area contributed by atoms with Crippen LogP contribution in [0.15, 0.2) is 30.3 Å². The third-order valence-electron chi connectivity index (χ3n) is 3.55. The Morgan fingerprint density at radius 2 is 1.94 bits per heavy atom. The van der Waals surface area contributed by atoms with E-state index < -0.39 is 0 Å². The molecule has 0 amide bonds. The summed E-state index contributed by atoms with van der Waals surface area (Å²) in [4.78, 5) is 0. The number of hydrogen-bond acceptors (Lipinski definition) is 0. The van der Waals surface area contributed by atoms with Gasteiger partial charge in [0.2, 0.25) is 0 Å². The van der Waals surface area contributed by atoms with Crippen LogP contribution in [0.2, 0.25) is 0 Å². The summed E-state index contributed by atoms with van der Waals surface area (Å²) in [5, 5.41) is 5.53. The lowest BCUT2D eigenvalue weighted by Crippen LogP contribution is -2.12. The molecule has 0 fully saturated rings. The highest BCUT2D eigenvalue weighted by Crippen LogP contribution is 2.19. The van der Waals surface area contributed by atoms with Gasteiger partial charge in [-0.15, -0.1) is 0 Å². The normalized spacial score (nSPS) is 14.8. The third kappa shape index (κ3) is 1.52. The van der Waals surface area contributed by atoms with E-state index in [1.54, 1.807) is 0 Å². The average molecular weight is 220 g/mol. The van der Waals surface area contributed by atoms with Crippen LogP contribution in [0.1, 0.15) is 24.5 Å². The van der Waals surface area contributed by atoms with Gasteiger partial charge in [0.15, 0.2) is 0 Å². The molecule has 17 heavy (non-hydrogen) atoms. The van der Waals surface area contributed by atoms with E-state index in [4.69, 9.17) is 0 Å². The number of rotatable bonds is 0. The molecule has 1 aliphatic carbocycles. The molecule has 0 saturated carbocycles. The van der Waals surface area contributed by atoms with E-state index in [2.05, 4.69) is 62.4 Å². The molecular weight excluding hydrogens is 204 g/mol. The molecule has 0 saturated heterocycles. The zero-order valence-electron chi connectivity index (χ0n) is 10.3. The van der Waals surface area contributed by atoms with Crippen molar-refractivity contribution >= 4 is 29.0 Å². The molecule has 0 aliphatic heterocycles. The first kappa shape index (κ1) is 10.3. The van der Waals surface area contributed by atoms with Gasteiger partial charge in [0, 0.05) is 0 Å². The Morgan fingerprint density at radius 3 is 2.76 bits per heavy atom. The first-order chi connectivity index (χ1) is 8.31. The summed E-state index contributed by atoms with van der Waals surface area (Å²) in [7, 11) is 0. The quantitative estimate of drug-likeness (QED) is 0.640. The van der Waals surface area contributed by atoms with E-state index in [9.17, 15) is 0 Å². The van der Waals surface area contributed by atoms with Crippen LogP contribution < -0.4 is 10.4 Å². The minimum atomic E-state index is 1.03. The second-order valence-corrected chi connectivity index (χ2v) is 4.60. The molecule has 0 radical (unpaired) electrons. The van der Waals surface area contributed by atoms with Gasteiger partial charge in [-0.05, 0) is 52.6 Å². The Kier molecular flexibility index (Phi) is 2.36. The molecule has 0 N–H and O–H groups in total. The second kappa shape index (κ2) is 3.89. The van der Waals surface area contributed by atoms with Gasteiger partial charge in [0.05, 0.1) is 0 Å². The molecule has 0 heterocycles. The highest BCUT2D eigenvalue weighted by atomic mass is 14.1. The Bertz CT molecular complexity index is 731. The van der Waals surface area contributed by atoms with Gasteiger partial charge in [-0.25, -0.2) is 0 Å². The fraction of sp³-hybridized carbons (Fsp3) is 0.176. The fourth-order valence-corrected chi connectivity index (χ4v) is 2.69. The summed E-state index contributed by atoms with van der Waals surface area (Å²) in [6.45, 7) is 4.31. The largest absolute Gasteiger partial charge is 0.0801 e. The minimum absolute atomic E-state index is 1.03. The molecule has 0 spiro atoms. The average Bonchev–Trinajstić information content (AvgIpc) is 2.56. The molecule has 0 nitrogen and oxygen atoms in total. The molecule has 0 heteroatoms. The first-order valence-electron chi connectivity index (χ1n) is 6.16. The molecule has 0 aromatic heterocycles. The van der Waals surface area contributed by atoms with Gasteiger partial charge in [-0.3, -0.25) is 0 Å². The summed E-state index contributed by atoms with van der Waals surface area (Å²) < 4.78 is 0. The van der Waals surface area contributed by atoms with Crippen molar-refractivity contribution in [2.45, 2.75) is 20.3 Å². The van der Waals surface area contributed by atoms with Gasteiger partial charge in [0.1, 0.15) is 0 Å². The number of aryl methyl sites for hydroxylation is 1. The maximum Gasteiger partial charge on any atom is -0.00335 e. The predicted octanol–water partition coefficient (Wildman–Crippen LogP) is 3.15. The number of allylic oxidation sites excluding steroid dienone is 1. The molecule has 84 valence electrons. The maximum absolute atomic E-state index is 2.31. The summed E-state index contributed by atoms with van der Waals surface area (Å²) in [6.07, 6.45) is 10.0. The van der Waals surface area contributed by atoms with E-state index in [-0.39, 0.29) is 0 Å². The monoisotopic (exact) mass is 220 g/mol. The summed E-state index contributed by atoms with van der Waals surface area (Å²) in [6, 6.07) is 8.93. The predicted molar refractivity (Wildman–Crippen MR) is 76.2 cm³/mol. The number of hydrogen-bond donors (Lipinski definition) is 0. The third-order valence-corrected chi connectivity index (χ3v) is 3.55. The molecule has 0 bridgehead atoms. The molecule has 0 unspecified atom stereocenters. The zero-order chi connectivity index (χ0) is 11.8. The van der Waals surface area contributed by atoms with Crippen molar-refractivity contribution in [1.82, 2.24) is 0 Å². The lowest BCUT2D eigenvalue weighted by Gasteiger charge is -2.07.